The van der Waals surface area contributed by atoms with Gasteiger partial charge in [0.15, 0.2) is 11.5 Å². The first-order chi connectivity index (χ1) is 13.1. The van der Waals surface area contributed by atoms with Crippen LogP contribution in [-0.4, -0.2) is 33.8 Å². The Bertz CT molecular complexity index is 806. The van der Waals surface area contributed by atoms with Gasteiger partial charge in [0.2, 0.25) is 11.7 Å². The van der Waals surface area contributed by atoms with E-state index in [4.69, 9.17) is 14.2 Å². The molecule has 1 aliphatic heterocycles. The van der Waals surface area contributed by atoms with Gasteiger partial charge in [-0.3, -0.25) is 4.79 Å². The fraction of sp³-hybridized carbons (Fsp3) is 0.409. The minimum atomic E-state index is 0.152. The molecule has 0 N–H and O–H groups in total. The smallest absolute Gasteiger partial charge is 0.227 e. The second-order valence-electron chi connectivity index (χ2n) is 6.77. The summed E-state index contributed by atoms with van der Waals surface area (Å²) in [7, 11) is 4.78. The fourth-order valence-corrected chi connectivity index (χ4v) is 3.76. The highest BCUT2D eigenvalue weighted by atomic mass is 16.5. The third kappa shape index (κ3) is 3.87. The largest absolute Gasteiger partial charge is 0.493 e. The molecule has 0 aliphatic carbocycles. The van der Waals surface area contributed by atoms with Crippen molar-refractivity contribution in [1.29, 1.82) is 0 Å². The van der Waals surface area contributed by atoms with E-state index in [1.807, 2.05) is 17.0 Å². The molecule has 0 bridgehead atoms. The molecule has 27 heavy (non-hydrogen) atoms. The number of amides is 1. The monoisotopic (exact) mass is 369 g/mol. The second kappa shape index (κ2) is 8.33. The summed E-state index contributed by atoms with van der Waals surface area (Å²) >= 11 is 0. The van der Waals surface area contributed by atoms with Gasteiger partial charge in [-0.1, -0.05) is 18.2 Å². The zero-order valence-corrected chi connectivity index (χ0v) is 16.5. The van der Waals surface area contributed by atoms with Crippen LogP contribution in [0.3, 0.4) is 0 Å². The van der Waals surface area contributed by atoms with E-state index in [0.717, 1.165) is 36.2 Å². The molecule has 3 rings (SSSR count). The van der Waals surface area contributed by atoms with E-state index in [0.29, 0.717) is 30.1 Å². The Hall–Kier alpha value is -2.69. The number of carbonyl (C=O) groups excluding carboxylic acids is 1. The Morgan fingerprint density at radius 2 is 1.78 bits per heavy atom. The second-order valence-corrected chi connectivity index (χ2v) is 6.77. The predicted octanol–water partition coefficient (Wildman–Crippen LogP) is 3.93. The minimum Gasteiger partial charge on any atom is -0.493 e. The lowest BCUT2D eigenvalue weighted by Gasteiger charge is -2.31. The highest BCUT2D eigenvalue weighted by Gasteiger charge is 2.24. The van der Waals surface area contributed by atoms with Crippen LogP contribution in [0.15, 0.2) is 30.3 Å². The number of benzene rings is 2. The van der Waals surface area contributed by atoms with Crippen LogP contribution >= 0.6 is 0 Å². The molecule has 1 heterocycles. The molecule has 0 radical (unpaired) electrons. The Morgan fingerprint density at radius 1 is 1.07 bits per heavy atom. The molecule has 1 aliphatic rings. The van der Waals surface area contributed by atoms with Gasteiger partial charge in [0.1, 0.15) is 0 Å². The Labute approximate surface area is 160 Å². The van der Waals surface area contributed by atoms with E-state index < -0.39 is 0 Å². The van der Waals surface area contributed by atoms with Gasteiger partial charge in [-0.2, -0.15) is 0 Å². The van der Waals surface area contributed by atoms with Gasteiger partial charge in [-0.15, -0.1) is 0 Å². The summed E-state index contributed by atoms with van der Waals surface area (Å²) in [4.78, 5) is 14.9. The summed E-state index contributed by atoms with van der Waals surface area (Å²) in [5.41, 5.74) is 4.51. The molecule has 1 amide bonds. The predicted molar refractivity (Wildman–Crippen MR) is 106 cm³/mol. The van der Waals surface area contributed by atoms with Crippen molar-refractivity contribution in [2.45, 2.75) is 32.6 Å². The van der Waals surface area contributed by atoms with Crippen molar-refractivity contribution < 1.29 is 19.0 Å². The van der Waals surface area contributed by atoms with E-state index in [2.05, 4.69) is 25.1 Å². The molecule has 5 heteroatoms. The van der Waals surface area contributed by atoms with Gasteiger partial charge in [-0.05, 0) is 55.0 Å². The van der Waals surface area contributed by atoms with E-state index in [-0.39, 0.29) is 5.91 Å². The summed E-state index contributed by atoms with van der Waals surface area (Å²) < 4.78 is 16.2. The fourth-order valence-electron chi connectivity index (χ4n) is 3.76. The molecule has 0 atom stereocenters. The number of ether oxygens (including phenoxy) is 3. The van der Waals surface area contributed by atoms with Crippen molar-refractivity contribution in [3.63, 3.8) is 0 Å². The molecule has 0 unspecified atom stereocenters. The molecule has 0 aromatic heterocycles. The molecule has 0 fully saturated rings. The maximum atomic E-state index is 13.0. The summed E-state index contributed by atoms with van der Waals surface area (Å²) in [6, 6.07) is 10.1. The SMILES string of the molecule is COc1cc(CCC(=O)N2CCCc3cccc(C)c32)cc(OC)c1OC. The number of aryl methyl sites for hydroxylation is 3. The molecule has 144 valence electrons. The number of nitrogens with zero attached hydrogens (tertiary/aromatic N) is 1. The lowest BCUT2D eigenvalue weighted by atomic mass is 9.97. The van der Waals surface area contributed by atoms with E-state index >= 15 is 0 Å². The average molecular weight is 369 g/mol. The first kappa shape index (κ1) is 19.1. The number of rotatable bonds is 6. The van der Waals surface area contributed by atoms with E-state index in [1.165, 1.54) is 5.56 Å². The number of fused-ring (bicyclic) bond motifs is 1. The quantitative estimate of drug-likeness (QED) is 0.774. The van der Waals surface area contributed by atoms with Crippen LogP contribution in [0.2, 0.25) is 0 Å². The zero-order chi connectivity index (χ0) is 19.4. The summed E-state index contributed by atoms with van der Waals surface area (Å²) in [5, 5.41) is 0. The number of hydrogen-bond donors (Lipinski definition) is 0. The lowest BCUT2D eigenvalue weighted by Crippen LogP contribution is -2.36. The van der Waals surface area contributed by atoms with Crippen molar-refractivity contribution in [2.75, 3.05) is 32.8 Å². The first-order valence-corrected chi connectivity index (χ1v) is 9.26. The van der Waals surface area contributed by atoms with Gasteiger partial charge >= 0.3 is 0 Å². The maximum Gasteiger partial charge on any atom is 0.227 e. The van der Waals surface area contributed by atoms with Crippen molar-refractivity contribution in [2.24, 2.45) is 0 Å². The first-order valence-electron chi connectivity index (χ1n) is 9.26. The van der Waals surface area contributed by atoms with Crippen LogP contribution in [0.4, 0.5) is 5.69 Å². The molecule has 2 aromatic rings. The van der Waals surface area contributed by atoms with E-state index in [9.17, 15) is 4.79 Å². The molecular formula is C22H27NO4. The molecular weight excluding hydrogens is 342 g/mol. The van der Waals surface area contributed by atoms with Gasteiger partial charge in [0, 0.05) is 18.7 Å². The third-order valence-electron chi connectivity index (χ3n) is 5.07. The third-order valence-corrected chi connectivity index (χ3v) is 5.07. The van der Waals surface area contributed by atoms with Crippen molar-refractivity contribution in [1.82, 2.24) is 0 Å². The van der Waals surface area contributed by atoms with Gasteiger partial charge in [-0.25, -0.2) is 0 Å². The van der Waals surface area contributed by atoms with Crippen LogP contribution in [0.25, 0.3) is 0 Å². The summed E-state index contributed by atoms with van der Waals surface area (Å²) in [6.45, 7) is 2.86. The molecule has 2 aromatic carbocycles. The van der Waals surface area contributed by atoms with Crippen LogP contribution in [0.5, 0.6) is 17.2 Å². The normalized spacial score (nSPS) is 13.1. The molecule has 5 nitrogen and oxygen atoms in total. The Kier molecular flexibility index (Phi) is 5.89. The molecule has 0 saturated heterocycles. The van der Waals surface area contributed by atoms with Crippen LogP contribution in [-0.2, 0) is 17.6 Å². The maximum absolute atomic E-state index is 13.0. The van der Waals surface area contributed by atoms with Gasteiger partial charge in [0.05, 0.1) is 21.3 Å². The van der Waals surface area contributed by atoms with Crippen LogP contribution in [0.1, 0.15) is 29.5 Å². The number of methoxy groups -OCH3 is 3. The highest BCUT2D eigenvalue weighted by molar-refractivity contribution is 5.95. The summed E-state index contributed by atoms with van der Waals surface area (Å²) in [6.07, 6.45) is 3.10. The van der Waals surface area contributed by atoms with Crippen molar-refractivity contribution >= 4 is 11.6 Å². The lowest BCUT2D eigenvalue weighted by molar-refractivity contribution is -0.118. The van der Waals surface area contributed by atoms with Crippen molar-refractivity contribution in [3.05, 3.63) is 47.0 Å². The standard InChI is InChI=1S/C22H27NO4/c1-15-7-5-8-17-9-6-12-23(21(15)17)20(24)11-10-16-13-18(25-2)22(27-4)19(14-16)26-3/h5,7-8,13-14H,6,9-12H2,1-4H3. The minimum absolute atomic E-state index is 0.152. The van der Waals surface area contributed by atoms with Crippen molar-refractivity contribution in [3.8, 4) is 17.2 Å². The van der Waals surface area contributed by atoms with Gasteiger partial charge in [0.25, 0.3) is 0 Å². The molecule has 0 spiro atoms. The highest BCUT2D eigenvalue weighted by Crippen LogP contribution is 2.38. The topological polar surface area (TPSA) is 48.0 Å². The van der Waals surface area contributed by atoms with Gasteiger partial charge < -0.3 is 19.1 Å². The van der Waals surface area contributed by atoms with E-state index in [1.54, 1.807) is 21.3 Å². The Morgan fingerprint density at radius 3 is 2.41 bits per heavy atom. The van der Waals surface area contributed by atoms with Crippen LogP contribution in [0, 0.1) is 6.92 Å². The number of hydrogen-bond acceptors (Lipinski definition) is 4. The zero-order valence-electron chi connectivity index (χ0n) is 16.5. The average Bonchev–Trinajstić information content (AvgIpc) is 2.70. The number of carbonyl (C=O) groups is 1. The molecule has 0 saturated carbocycles. The summed E-state index contributed by atoms with van der Waals surface area (Å²) in [5.74, 6) is 1.94. The Balaban J connectivity index is 1.78. The number of para-hydroxylation sites is 1. The number of anilines is 1. The van der Waals surface area contributed by atoms with Crippen LogP contribution < -0.4 is 19.1 Å².